The van der Waals surface area contributed by atoms with Crippen LogP contribution in [-0.4, -0.2) is 113 Å². The number of nitrogens with two attached hydrogens (primary N) is 4. The van der Waals surface area contributed by atoms with E-state index in [9.17, 15) is 65.9 Å². The van der Waals surface area contributed by atoms with Crippen molar-refractivity contribution in [3.05, 3.63) is 225 Å². The second kappa shape index (κ2) is 34.9. The fourth-order valence-electron chi connectivity index (χ4n) is 11.4. The van der Waals surface area contributed by atoms with Crippen molar-refractivity contribution in [3.8, 4) is 41.0 Å². The van der Waals surface area contributed by atoms with E-state index >= 15 is 0 Å². The Morgan fingerprint density at radius 2 is 0.669 bits per heavy atom. The fourth-order valence-corrected chi connectivity index (χ4v) is 11.8. The third-order valence-corrected chi connectivity index (χ3v) is 17.2. The molecule has 48 heteroatoms. The lowest BCUT2D eigenvalue weighted by molar-refractivity contribution is -0.137. The summed E-state index contributed by atoms with van der Waals surface area (Å²) < 4.78 is 216. The summed E-state index contributed by atoms with van der Waals surface area (Å²) in [7, 11) is 0. The Morgan fingerprint density at radius 1 is 0.355 bits per heavy atom. The van der Waals surface area contributed by atoms with Crippen molar-refractivity contribution in [2.45, 2.75) is 53.7 Å². The van der Waals surface area contributed by atoms with Gasteiger partial charge in [0.25, 0.3) is 0 Å². The molecule has 11 aromatic heterocycles. The second-order valence-corrected chi connectivity index (χ2v) is 26.1. The number of fused-ring (bicyclic) bond motifs is 4. The Labute approximate surface area is 682 Å². The average molecular weight is 1750 g/mol. The number of ether oxygens (including phenoxy) is 3. The number of aromatic nitrogens is 19. The number of pyridine rings is 3. The molecule has 0 unspecified atom stereocenters. The van der Waals surface area contributed by atoms with Gasteiger partial charge < -0.3 is 58.4 Å². The Balaban J connectivity index is 0.000000139. The number of nitrogens with zero attached hydrogens (tertiary/aromatic N) is 19. The monoisotopic (exact) mass is 1740 g/mol. The summed E-state index contributed by atoms with van der Waals surface area (Å²) in [4.78, 5) is 62.0. The average Bonchev–Trinajstić information content (AvgIpc) is 1.72. The molecule has 0 aliphatic carbocycles. The summed E-state index contributed by atoms with van der Waals surface area (Å²) in [6, 6.07) is 26.8. The van der Waals surface area contributed by atoms with Gasteiger partial charge >= 0.3 is 26.0 Å². The van der Waals surface area contributed by atoms with Crippen LogP contribution in [0.1, 0.15) is 28.9 Å². The van der Waals surface area contributed by atoms with E-state index in [4.69, 9.17) is 57.7 Å². The van der Waals surface area contributed by atoms with Crippen LogP contribution < -0.4 is 58.4 Å². The third-order valence-electron chi connectivity index (χ3n) is 16.6. The predicted molar refractivity (Wildman–Crippen MR) is 415 cm³/mol. The van der Waals surface area contributed by atoms with E-state index in [1.807, 2.05) is 0 Å². The third kappa shape index (κ3) is 19.2. The number of anilines is 12. The van der Waals surface area contributed by atoms with Gasteiger partial charge in [-0.05, 0) is 143 Å². The zero-order valence-corrected chi connectivity index (χ0v) is 63.7. The number of halogens is 18. The first-order valence-electron chi connectivity index (χ1n) is 34.1. The second-order valence-electron chi connectivity index (χ2n) is 24.8. The quantitative estimate of drug-likeness (QED) is 0.0370. The van der Waals surface area contributed by atoms with Gasteiger partial charge in [-0.2, -0.15) is 96.9 Å². The van der Waals surface area contributed by atoms with E-state index in [1.54, 1.807) is 45.9 Å². The minimum absolute atomic E-state index is 0.00706. The van der Waals surface area contributed by atoms with Gasteiger partial charge in [-0.3, -0.25) is 18.3 Å². The normalized spacial score (nSPS) is 11.4. The Morgan fingerprint density at radius 3 is 1.00 bits per heavy atom. The maximum Gasteiger partial charge on any atom is 0.416 e. The number of hydrogen-bond donors (Lipinski definition) is 8. The summed E-state index contributed by atoms with van der Waals surface area (Å²) in [5.74, 6) is -6.99. The summed E-state index contributed by atoms with van der Waals surface area (Å²) in [6.07, 6.45) is -0.178. The molecular formula is C73H51Cl3F15N27O3. The lowest BCUT2D eigenvalue weighted by Crippen LogP contribution is -2.11. The molecular weight excluding hydrogens is 1690 g/mol. The van der Waals surface area contributed by atoms with Crippen molar-refractivity contribution in [3.63, 3.8) is 0 Å². The number of alkyl halides is 9. The highest BCUT2D eigenvalue weighted by molar-refractivity contribution is 6.31. The van der Waals surface area contributed by atoms with Gasteiger partial charge in [0.1, 0.15) is 40.6 Å². The van der Waals surface area contributed by atoms with Gasteiger partial charge in [-0.15, -0.1) is 0 Å². The van der Waals surface area contributed by atoms with Crippen LogP contribution in [0.3, 0.4) is 0 Å². The van der Waals surface area contributed by atoms with Crippen LogP contribution in [0, 0.1) is 62.6 Å². The van der Waals surface area contributed by atoms with Crippen LogP contribution in [0.15, 0.2) is 146 Å². The Kier molecular flexibility index (Phi) is 24.3. The van der Waals surface area contributed by atoms with Gasteiger partial charge in [0.15, 0.2) is 75.1 Å². The van der Waals surface area contributed by atoms with E-state index in [0.717, 1.165) is 36.4 Å². The number of aryl methyl sites for hydroxylation is 4. The Hall–Kier alpha value is -14.6. The lowest BCUT2D eigenvalue weighted by Gasteiger charge is -2.12. The highest BCUT2D eigenvalue weighted by atomic mass is 35.5. The van der Waals surface area contributed by atoms with Crippen LogP contribution in [0.25, 0.3) is 68.3 Å². The smallest absolute Gasteiger partial charge is 0.416 e. The van der Waals surface area contributed by atoms with Crippen molar-refractivity contribution in [2.75, 3.05) is 44.2 Å². The van der Waals surface area contributed by atoms with E-state index in [0.29, 0.717) is 94.3 Å². The van der Waals surface area contributed by atoms with Crippen molar-refractivity contribution in [1.29, 1.82) is 0 Å². The summed E-state index contributed by atoms with van der Waals surface area (Å²) >= 11 is 18.0. The molecule has 0 aliphatic heterocycles. The molecule has 0 bridgehead atoms. The number of benzene rings is 5. The predicted octanol–water partition coefficient (Wildman–Crippen LogP) is 17.6. The summed E-state index contributed by atoms with van der Waals surface area (Å²) in [6.45, 7) is -2.40. The maximum absolute atomic E-state index is 14.6. The van der Waals surface area contributed by atoms with E-state index in [-0.39, 0.29) is 69.9 Å². The largest absolute Gasteiger partial charge is 0.435 e. The first kappa shape index (κ1) is 84.3. The fraction of sp³-hybridized carbons (Fsp3) is 0.110. The van der Waals surface area contributed by atoms with Crippen LogP contribution >= 0.6 is 34.8 Å². The molecule has 0 fully saturated rings. The molecule has 121 heavy (non-hydrogen) atoms. The number of nitrogen functional groups attached to an aromatic ring is 4. The number of nitrogens with one attached hydrogen (secondary N) is 4. The number of hydrogen-bond acceptors (Lipinski definition) is 26. The molecule has 12 N–H and O–H groups in total. The first-order chi connectivity index (χ1) is 57.5. The van der Waals surface area contributed by atoms with Crippen molar-refractivity contribution >= 4 is 149 Å². The highest BCUT2D eigenvalue weighted by Crippen LogP contribution is 2.36. The standard InChI is InChI=1S/C19H14F4N6O.C18H12ClF4N7O.C18H12ClF4N7.C18H13ClF3N7O/c1-9-25-13-8-10(20)2-7-14(13)29(9)19-27-16(24)15(21)17(28-19)26-11-3-5-12(6-4-11)30-18(22)23;1-7-26-15-11(4-8(19)6-25-15)30(7)18-28-14(24)13(21)16(29-18)27-9-2-3-12(10(20)5-9)31-17(22)23;1-8-26-15-12(6-10(19)7-25-15)30(8)17-28-14(24)13(20)16(29-17)27-11-4-2-9(3-5-11)18(21,22)23;1-8-25-15-12(6-9(19)7-24-15)29(8)18-27-14(23)13(20)16(28-18)26-10-2-4-11(5-3-10)30-17(21)22/h2-8,18H,1H3,(H3,24,26,27,28);2-6,17H,1H3,(H3,24,27,28,29);2-7H,1H3,(H3,24,27,28,29);2-7,17H,1H3,(H3,23,26,27,28). The molecule has 0 saturated heterocycles. The molecule has 0 amide bonds. The van der Waals surface area contributed by atoms with Gasteiger partial charge in [-0.1, -0.05) is 34.8 Å². The highest BCUT2D eigenvalue weighted by Gasteiger charge is 2.31. The molecule has 0 aliphatic rings. The van der Waals surface area contributed by atoms with Crippen LogP contribution in [0.5, 0.6) is 17.2 Å². The summed E-state index contributed by atoms with van der Waals surface area (Å²) in [5, 5.41) is 11.7. The Bertz CT molecular complexity index is 6570. The minimum Gasteiger partial charge on any atom is -0.435 e. The molecule has 5 aromatic carbocycles. The van der Waals surface area contributed by atoms with Crippen molar-refractivity contribution < 1.29 is 80.1 Å². The zero-order chi connectivity index (χ0) is 86.7. The molecule has 16 rings (SSSR count). The first-order valence-corrected chi connectivity index (χ1v) is 35.2. The summed E-state index contributed by atoms with van der Waals surface area (Å²) in [5.41, 5.74) is 26.4. The van der Waals surface area contributed by atoms with Crippen LogP contribution in [0.2, 0.25) is 15.1 Å². The molecule has 622 valence electrons. The van der Waals surface area contributed by atoms with Gasteiger partial charge in [-0.25, -0.2) is 43.7 Å². The van der Waals surface area contributed by atoms with Gasteiger partial charge in [0.05, 0.1) is 48.2 Å². The van der Waals surface area contributed by atoms with E-state index in [2.05, 4.69) is 110 Å². The van der Waals surface area contributed by atoms with Crippen LogP contribution in [-0.2, 0) is 6.18 Å². The lowest BCUT2D eigenvalue weighted by atomic mass is 10.2. The molecule has 0 radical (unpaired) electrons. The SMILES string of the molecule is Cc1nc2cc(F)ccc2n1-c1nc(N)c(F)c(Nc2ccc(OC(F)F)cc2)n1.Cc1nc2ncc(Cl)cc2n1-c1nc(N)c(F)c(Nc2ccc(C(F)(F)F)cc2)n1.Cc1nc2ncc(Cl)cc2n1-c1nc(N)c(F)c(Nc2ccc(OC(F)F)c(F)c2)n1.Cc1nc2ncc(Cl)cc2n1-c1nc(N)c(F)c(Nc2ccc(OC(F)F)cc2)n1. The van der Waals surface area contributed by atoms with Crippen molar-refractivity contribution in [2.24, 2.45) is 0 Å². The number of rotatable bonds is 18. The van der Waals surface area contributed by atoms with E-state index < -0.39 is 95.5 Å². The molecule has 16 aromatic rings. The zero-order valence-electron chi connectivity index (χ0n) is 61.4. The maximum atomic E-state index is 14.6. The van der Waals surface area contributed by atoms with Gasteiger partial charge in [0, 0.05) is 53.5 Å². The van der Waals surface area contributed by atoms with Gasteiger partial charge in [0.2, 0.25) is 47.1 Å². The topological polar surface area (TPSA) is 393 Å². The van der Waals surface area contributed by atoms with Crippen molar-refractivity contribution in [1.82, 2.24) is 93.0 Å². The molecule has 11 heterocycles. The number of imidazole rings is 4. The molecule has 0 saturated carbocycles. The van der Waals surface area contributed by atoms with Crippen LogP contribution in [0.4, 0.5) is 135 Å². The molecule has 30 nitrogen and oxygen atoms in total. The van der Waals surface area contributed by atoms with E-state index in [1.165, 1.54) is 110 Å². The minimum atomic E-state index is -4.48. The molecule has 0 atom stereocenters. The molecule has 0 spiro atoms.